The van der Waals surface area contributed by atoms with Gasteiger partial charge in [-0.3, -0.25) is 9.59 Å². The van der Waals surface area contributed by atoms with Crippen LogP contribution in [0, 0.1) is 6.92 Å². The van der Waals surface area contributed by atoms with Crippen LogP contribution in [0.15, 0.2) is 63.9 Å². The minimum atomic E-state index is -0.310. The lowest BCUT2D eigenvalue weighted by Gasteiger charge is -2.04. The number of para-hydroxylation sites is 1. The molecule has 0 aliphatic rings. The van der Waals surface area contributed by atoms with E-state index in [-0.39, 0.29) is 18.0 Å². The molecule has 0 unspecified atom stereocenters. The number of furan rings is 1. The fourth-order valence-electron chi connectivity index (χ4n) is 3.15. The van der Waals surface area contributed by atoms with Gasteiger partial charge in [-0.1, -0.05) is 12.1 Å². The standard InChI is InChI=1S/C21H16N6O3S/c1-12-14(11-23-27(12)18-8-9-19(28)26-25-18)20(29)22-10-13-6-7-16(30-13)21-24-15-4-2-3-5-17(15)31-21/h2-9,11H,10H2,1H3,(H,22,29)(H,26,28). The van der Waals surface area contributed by atoms with E-state index in [0.29, 0.717) is 28.6 Å². The molecule has 1 amide bonds. The maximum atomic E-state index is 12.6. The summed E-state index contributed by atoms with van der Waals surface area (Å²) in [6.07, 6.45) is 1.46. The van der Waals surface area contributed by atoms with E-state index in [4.69, 9.17) is 4.42 Å². The van der Waals surface area contributed by atoms with Crippen LogP contribution >= 0.6 is 11.3 Å². The SMILES string of the molecule is Cc1c(C(=O)NCc2ccc(-c3nc4ccccc4s3)o2)cnn1-c1ccc(=O)[nH]n1. The van der Waals surface area contributed by atoms with E-state index in [1.165, 1.54) is 23.0 Å². The van der Waals surface area contributed by atoms with Crippen LogP contribution in [0.2, 0.25) is 0 Å². The number of aromatic nitrogens is 5. The third-order valence-electron chi connectivity index (χ3n) is 4.73. The molecular weight excluding hydrogens is 416 g/mol. The number of aromatic amines is 1. The average molecular weight is 432 g/mol. The Balaban J connectivity index is 1.29. The predicted molar refractivity (Wildman–Crippen MR) is 115 cm³/mol. The molecule has 0 fully saturated rings. The van der Waals surface area contributed by atoms with Gasteiger partial charge in [0.1, 0.15) is 5.76 Å². The molecule has 0 aliphatic carbocycles. The van der Waals surface area contributed by atoms with Crippen LogP contribution in [-0.2, 0) is 6.54 Å². The number of thiazole rings is 1. The van der Waals surface area contributed by atoms with E-state index in [1.54, 1.807) is 18.3 Å². The Morgan fingerprint density at radius 3 is 2.87 bits per heavy atom. The highest BCUT2D eigenvalue weighted by Gasteiger charge is 2.17. The van der Waals surface area contributed by atoms with E-state index in [9.17, 15) is 9.59 Å². The van der Waals surface area contributed by atoms with Crippen LogP contribution in [0.4, 0.5) is 0 Å². The first-order valence-corrected chi connectivity index (χ1v) is 10.2. The van der Waals surface area contributed by atoms with Gasteiger partial charge in [0, 0.05) is 6.07 Å². The highest BCUT2D eigenvalue weighted by atomic mass is 32.1. The number of nitrogens with zero attached hydrogens (tertiary/aromatic N) is 4. The van der Waals surface area contributed by atoms with Gasteiger partial charge >= 0.3 is 0 Å². The number of carbonyl (C=O) groups excluding carboxylic acids is 1. The summed E-state index contributed by atoms with van der Waals surface area (Å²) in [5, 5.41) is 14.1. The predicted octanol–water partition coefficient (Wildman–Crippen LogP) is 3.06. The smallest absolute Gasteiger partial charge is 0.264 e. The Bertz CT molecular complexity index is 1410. The van der Waals surface area contributed by atoms with Crippen molar-refractivity contribution < 1.29 is 9.21 Å². The summed E-state index contributed by atoms with van der Waals surface area (Å²) in [7, 11) is 0. The Labute approximate surface area is 179 Å². The number of amides is 1. The first-order chi connectivity index (χ1) is 15.1. The maximum Gasteiger partial charge on any atom is 0.264 e. The lowest BCUT2D eigenvalue weighted by atomic mass is 10.2. The first kappa shape index (κ1) is 18.9. The zero-order valence-electron chi connectivity index (χ0n) is 16.3. The topological polar surface area (TPSA) is 119 Å². The van der Waals surface area contributed by atoms with Crippen molar-refractivity contribution in [2.24, 2.45) is 0 Å². The van der Waals surface area contributed by atoms with E-state index >= 15 is 0 Å². The van der Waals surface area contributed by atoms with Gasteiger partial charge in [0.25, 0.3) is 11.5 Å². The number of hydrogen-bond acceptors (Lipinski definition) is 7. The van der Waals surface area contributed by atoms with E-state index in [0.717, 1.165) is 15.2 Å². The number of H-pyrrole nitrogens is 1. The molecule has 0 radical (unpaired) electrons. The molecule has 0 spiro atoms. The number of carbonyl (C=O) groups is 1. The molecule has 0 saturated heterocycles. The summed E-state index contributed by atoms with van der Waals surface area (Å²) in [4.78, 5) is 28.4. The van der Waals surface area contributed by atoms with Gasteiger partial charge in [0.2, 0.25) is 0 Å². The van der Waals surface area contributed by atoms with Crippen molar-refractivity contribution in [3.63, 3.8) is 0 Å². The Morgan fingerprint density at radius 2 is 2.06 bits per heavy atom. The molecule has 4 heterocycles. The number of benzene rings is 1. The van der Waals surface area contributed by atoms with Gasteiger partial charge in [0.15, 0.2) is 16.6 Å². The quantitative estimate of drug-likeness (QED) is 0.441. The molecule has 31 heavy (non-hydrogen) atoms. The molecule has 2 N–H and O–H groups in total. The van der Waals surface area contributed by atoms with Crippen LogP contribution < -0.4 is 10.9 Å². The summed E-state index contributed by atoms with van der Waals surface area (Å²) in [5.74, 6) is 1.42. The van der Waals surface area contributed by atoms with E-state index in [2.05, 4.69) is 25.6 Å². The largest absolute Gasteiger partial charge is 0.457 e. The number of nitrogens with one attached hydrogen (secondary N) is 2. The number of rotatable bonds is 5. The zero-order chi connectivity index (χ0) is 21.4. The van der Waals surface area contributed by atoms with Crippen molar-refractivity contribution in [1.29, 1.82) is 0 Å². The molecule has 5 aromatic rings. The van der Waals surface area contributed by atoms with E-state index in [1.807, 2.05) is 36.4 Å². The van der Waals surface area contributed by atoms with Crippen molar-refractivity contribution in [1.82, 2.24) is 30.3 Å². The molecule has 0 bridgehead atoms. The van der Waals surface area contributed by atoms with Crippen LogP contribution in [0.1, 0.15) is 21.8 Å². The van der Waals surface area contributed by atoms with Crippen LogP contribution in [0.25, 0.3) is 26.8 Å². The minimum Gasteiger partial charge on any atom is -0.457 e. The molecule has 10 heteroatoms. The third kappa shape index (κ3) is 3.64. The van der Waals surface area contributed by atoms with Crippen LogP contribution in [0.5, 0.6) is 0 Å². The van der Waals surface area contributed by atoms with Crippen molar-refractivity contribution >= 4 is 27.5 Å². The number of hydrogen-bond donors (Lipinski definition) is 2. The monoisotopic (exact) mass is 432 g/mol. The number of fused-ring (bicyclic) bond motifs is 1. The van der Waals surface area contributed by atoms with Crippen molar-refractivity contribution in [3.8, 4) is 16.6 Å². The summed E-state index contributed by atoms with van der Waals surface area (Å²) >= 11 is 1.56. The van der Waals surface area contributed by atoms with Gasteiger partial charge in [-0.2, -0.15) is 10.2 Å². The average Bonchev–Trinajstić information content (AvgIpc) is 3.50. The van der Waals surface area contributed by atoms with Gasteiger partial charge in [-0.15, -0.1) is 11.3 Å². The molecule has 4 aromatic heterocycles. The second kappa shape index (κ2) is 7.65. The van der Waals surface area contributed by atoms with Crippen molar-refractivity contribution in [3.05, 3.63) is 82.1 Å². The Hall–Kier alpha value is -4.05. The molecule has 0 saturated carbocycles. The molecule has 9 nitrogen and oxygen atoms in total. The van der Waals surface area contributed by atoms with Crippen molar-refractivity contribution in [2.75, 3.05) is 0 Å². The van der Waals surface area contributed by atoms with Gasteiger partial charge in [-0.05, 0) is 37.3 Å². The highest BCUT2D eigenvalue weighted by molar-refractivity contribution is 7.21. The molecule has 0 atom stereocenters. The second-order valence-corrected chi connectivity index (χ2v) is 7.80. The lowest BCUT2D eigenvalue weighted by Crippen LogP contribution is -2.23. The minimum absolute atomic E-state index is 0.227. The summed E-state index contributed by atoms with van der Waals surface area (Å²) in [6.45, 7) is 1.98. The lowest BCUT2D eigenvalue weighted by molar-refractivity contribution is 0.0947. The molecule has 5 rings (SSSR count). The summed E-state index contributed by atoms with van der Waals surface area (Å²) in [5.41, 5.74) is 1.63. The highest BCUT2D eigenvalue weighted by Crippen LogP contribution is 2.31. The summed E-state index contributed by atoms with van der Waals surface area (Å²) in [6, 6.07) is 14.5. The molecule has 0 aliphatic heterocycles. The normalized spacial score (nSPS) is 11.1. The van der Waals surface area contributed by atoms with Crippen LogP contribution in [0.3, 0.4) is 0 Å². The van der Waals surface area contributed by atoms with Gasteiger partial charge < -0.3 is 9.73 Å². The molecular formula is C21H16N6O3S. The van der Waals surface area contributed by atoms with E-state index < -0.39 is 0 Å². The summed E-state index contributed by atoms with van der Waals surface area (Å²) < 4.78 is 8.45. The fourth-order valence-corrected chi connectivity index (χ4v) is 4.07. The maximum absolute atomic E-state index is 12.6. The Morgan fingerprint density at radius 1 is 1.19 bits per heavy atom. The molecule has 1 aromatic carbocycles. The first-order valence-electron chi connectivity index (χ1n) is 9.42. The van der Waals surface area contributed by atoms with Gasteiger partial charge in [-0.25, -0.2) is 14.8 Å². The van der Waals surface area contributed by atoms with Gasteiger partial charge in [0.05, 0.1) is 34.2 Å². The fraction of sp³-hybridized carbons (Fsp3) is 0.0952. The van der Waals surface area contributed by atoms with Crippen LogP contribution in [-0.4, -0.2) is 30.9 Å². The van der Waals surface area contributed by atoms with Crippen molar-refractivity contribution in [2.45, 2.75) is 13.5 Å². The third-order valence-corrected chi connectivity index (χ3v) is 5.78. The zero-order valence-corrected chi connectivity index (χ0v) is 17.1. The molecule has 154 valence electrons. The second-order valence-electron chi connectivity index (χ2n) is 6.77. The Kier molecular flexibility index (Phi) is 4.68.